The van der Waals surface area contributed by atoms with Gasteiger partial charge in [0.1, 0.15) is 0 Å². The summed E-state index contributed by atoms with van der Waals surface area (Å²) >= 11 is 0. The molecule has 1 unspecified atom stereocenters. The molecule has 108 valence electrons. The molecule has 21 heavy (non-hydrogen) atoms. The number of ether oxygens (including phenoxy) is 1. The zero-order valence-corrected chi connectivity index (χ0v) is 12.5. The second kappa shape index (κ2) is 5.72. The van der Waals surface area contributed by atoms with Crippen LogP contribution in [-0.4, -0.2) is 12.6 Å². The van der Waals surface area contributed by atoms with Crippen LogP contribution >= 0.6 is 0 Å². The molecule has 3 atom stereocenters. The SMILES string of the molecule is CCOC(=O)C1[C@H](c2ccccc2)[C@H]1c1cccc(C)c1. The van der Waals surface area contributed by atoms with Crippen LogP contribution in [0.25, 0.3) is 0 Å². The third kappa shape index (κ3) is 2.71. The number of esters is 1. The second-order valence-electron chi connectivity index (χ2n) is 5.65. The summed E-state index contributed by atoms with van der Waals surface area (Å²) in [6.07, 6.45) is 0. The van der Waals surface area contributed by atoms with E-state index >= 15 is 0 Å². The quantitative estimate of drug-likeness (QED) is 0.790. The van der Waals surface area contributed by atoms with Gasteiger partial charge in [-0.15, -0.1) is 0 Å². The molecule has 0 radical (unpaired) electrons. The second-order valence-corrected chi connectivity index (χ2v) is 5.65. The molecule has 2 aromatic rings. The molecular weight excluding hydrogens is 260 g/mol. The fourth-order valence-electron chi connectivity index (χ4n) is 3.22. The Bertz CT molecular complexity index is 633. The van der Waals surface area contributed by atoms with Crippen LogP contribution in [0.2, 0.25) is 0 Å². The van der Waals surface area contributed by atoms with Gasteiger partial charge in [-0.25, -0.2) is 0 Å². The van der Waals surface area contributed by atoms with Crippen molar-refractivity contribution in [3.63, 3.8) is 0 Å². The Morgan fingerprint density at radius 1 is 1.00 bits per heavy atom. The van der Waals surface area contributed by atoms with E-state index in [4.69, 9.17) is 4.74 Å². The number of carbonyl (C=O) groups is 1. The molecule has 0 aromatic heterocycles. The average Bonchev–Trinajstić information content (AvgIpc) is 3.24. The van der Waals surface area contributed by atoms with Crippen molar-refractivity contribution in [1.29, 1.82) is 0 Å². The van der Waals surface area contributed by atoms with Crippen LogP contribution in [0, 0.1) is 12.8 Å². The van der Waals surface area contributed by atoms with Gasteiger partial charge >= 0.3 is 5.97 Å². The molecular formula is C19H20O2. The highest BCUT2D eigenvalue weighted by Crippen LogP contribution is 2.60. The lowest BCUT2D eigenvalue weighted by Gasteiger charge is -2.02. The number of hydrogen-bond acceptors (Lipinski definition) is 2. The van der Waals surface area contributed by atoms with E-state index in [1.165, 1.54) is 16.7 Å². The van der Waals surface area contributed by atoms with Gasteiger partial charge in [0.25, 0.3) is 0 Å². The fourth-order valence-corrected chi connectivity index (χ4v) is 3.22. The molecule has 1 fully saturated rings. The molecule has 0 saturated heterocycles. The fraction of sp³-hybridized carbons (Fsp3) is 0.316. The van der Waals surface area contributed by atoms with E-state index in [0.717, 1.165) is 0 Å². The van der Waals surface area contributed by atoms with Crippen LogP contribution in [0.3, 0.4) is 0 Å². The molecule has 1 aliphatic rings. The molecule has 1 aliphatic carbocycles. The third-order valence-electron chi connectivity index (χ3n) is 4.19. The minimum atomic E-state index is -0.0714. The van der Waals surface area contributed by atoms with Gasteiger partial charge in [0.05, 0.1) is 12.5 Å². The van der Waals surface area contributed by atoms with Crippen LogP contribution in [0.1, 0.15) is 35.4 Å². The highest BCUT2D eigenvalue weighted by atomic mass is 16.5. The van der Waals surface area contributed by atoms with Crippen molar-refractivity contribution in [2.75, 3.05) is 6.61 Å². The number of benzene rings is 2. The molecule has 2 nitrogen and oxygen atoms in total. The summed E-state index contributed by atoms with van der Waals surface area (Å²) in [5.74, 6) is 0.366. The first-order valence-electron chi connectivity index (χ1n) is 7.50. The van der Waals surface area contributed by atoms with E-state index in [0.29, 0.717) is 6.61 Å². The Balaban J connectivity index is 1.92. The zero-order valence-electron chi connectivity index (χ0n) is 12.5. The van der Waals surface area contributed by atoms with E-state index in [1.807, 2.05) is 25.1 Å². The Morgan fingerprint density at radius 2 is 1.67 bits per heavy atom. The van der Waals surface area contributed by atoms with Gasteiger partial charge in [0.2, 0.25) is 0 Å². The first kappa shape index (κ1) is 13.9. The number of rotatable bonds is 4. The lowest BCUT2D eigenvalue weighted by molar-refractivity contribution is -0.144. The standard InChI is InChI=1S/C19H20O2/c1-3-21-19(20)18-16(14-9-5-4-6-10-14)17(18)15-11-7-8-13(2)12-15/h4-12,16-18H,3H2,1-2H3/t16-,17-,18?/m1/s1. The van der Waals surface area contributed by atoms with Crippen molar-refractivity contribution < 1.29 is 9.53 Å². The molecule has 0 spiro atoms. The Hall–Kier alpha value is -2.09. The van der Waals surface area contributed by atoms with Gasteiger partial charge in [-0.2, -0.15) is 0 Å². The smallest absolute Gasteiger partial charge is 0.310 e. The van der Waals surface area contributed by atoms with Crippen LogP contribution in [-0.2, 0) is 9.53 Å². The van der Waals surface area contributed by atoms with Crippen molar-refractivity contribution in [3.8, 4) is 0 Å². The van der Waals surface area contributed by atoms with Crippen LogP contribution < -0.4 is 0 Å². The van der Waals surface area contributed by atoms with Crippen molar-refractivity contribution >= 4 is 5.97 Å². The van der Waals surface area contributed by atoms with E-state index < -0.39 is 0 Å². The molecule has 0 aliphatic heterocycles. The average molecular weight is 280 g/mol. The van der Waals surface area contributed by atoms with Gasteiger partial charge in [0, 0.05) is 11.8 Å². The van der Waals surface area contributed by atoms with Gasteiger partial charge in [-0.1, -0.05) is 60.2 Å². The third-order valence-corrected chi connectivity index (χ3v) is 4.19. The van der Waals surface area contributed by atoms with Gasteiger partial charge in [-0.05, 0) is 25.0 Å². The Labute approximate surface area is 125 Å². The highest BCUT2D eigenvalue weighted by Gasteiger charge is 2.56. The lowest BCUT2D eigenvalue weighted by atomic mass is 10.0. The molecule has 0 heterocycles. The molecule has 1 saturated carbocycles. The van der Waals surface area contributed by atoms with Gasteiger partial charge < -0.3 is 4.74 Å². The van der Waals surface area contributed by atoms with Crippen molar-refractivity contribution in [1.82, 2.24) is 0 Å². The first-order valence-corrected chi connectivity index (χ1v) is 7.50. The van der Waals surface area contributed by atoms with Crippen LogP contribution in [0.5, 0.6) is 0 Å². The minimum Gasteiger partial charge on any atom is -0.466 e. The van der Waals surface area contributed by atoms with E-state index in [1.54, 1.807) is 0 Å². The van der Waals surface area contributed by atoms with Crippen molar-refractivity contribution in [3.05, 3.63) is 71.3 Å². The molecule has 0 bridgehead atoms. The predicted octanol–water partition coefficient (Wildman–Crippen LogP) is 4.06. The normalized spacial score (nSPS) is 23.6. The Morgan fingerprint density at radius 3 is 2.33 bits per heavy atom. The summed E-state index contributed by atoms with van der Waals surface area (Å²) in [6.45, 7) is 4.39. The van der Waals surface area contributed by atoms with Gasteiger partial charge in [-0.3, -0.25) is 4.79 Å². The summed E-state index contributed by atoms with van der Waals surface area (Å²) in [5, 5.41) is 0. The predicted molar refractivity (Wildman–Crippen MR) is 83.2 cm³/mol. The topological polar surface area (TPSA) is 26.3 Å². The largest absolute Gasteiger partial charge is 0.466 e. The first-order chi connectivity index (χ1) is 10.2. The van der Waals surface area contributed by atoms with Crippen LogP contribution in [0.4, 0.5) is 0 Å². The summed E-state index contributed by atoms with van der Waals surface area (Å²) in [6, 6.07) is 18.7. The van der Waals surface area contributed by atoms with E-state index in [-0.39, 0.29) is 23.7 Å². The maximum absolute atomic E-state index is 12.2. The van der Waals surface area contributed by atoms with Gasteiger partial charge in [0.15, 0.2) is 0 Å². The number of aryl methyl sites for hydroxylation is 1. The molecule has 0 amide bonds. The summed E-state index contributed by atoms with van der Waals surface area (Å²) in [7, 11) is 0. The molecule has 0 N–H and O–H groups in total. The summed E-state index contributed by atoms with van der Waals surface area (Å²) < 4.78 is 5.26. The minimum absolute atomic E-state index is 0.0471. The monoisotopic (exact) mass is 280 g/mol. The maximum Gasteiger partial charge on any atom is 0.310 e. The van der Waals surface area contributed by atoms with E-state index in [2.05, 4.69) is 43.3 Å². The van der Waals surface area contributed by atoms with Crippen molar-refractivity contribution in [2.45, 2.75) is 25.7 Å². The number of hydrogen-bond donors (Lipinski definition) is 0. The zero-order chi connectivity index (χ0) is 14.8. The lowest BCUT2D eigenvalue weighted by Crippen LogP contribution is -2.08. The Kier molecular flexibility index (Phi) is 3.78. The van der Waals surface area contributed by atoms with E-state index in [9.17, 15) is 4.79 Å². The number of carbonyl (C=O) groups excluding carboxylic acids is 1. The maximum atomic E-state index is 12.2. The molecule has 2 aromatic carbocycles. The summed E-state index contributed by atoms with van der Waals surface area (Å²) in [4.78, 5) is 12.2. The molecule has 2 heteroatoms. The highest BCUT2D eigenvalue weighted by molar-refractivity contribution is 5.80. The van der Waals surface area contributed by atoms with Crippen LogP contribution in [0.15, 0.2) is 54.6 Å². The summed E-state index contributed by atoms with van der Waals surface area (Å²) in [5.41, 5.74) is 3.69. The van der Waals surface area contributed by atoms with Crippen molar-refractivity contribution in [2.24, 2.45) is 5.92 Å². The molecule has 3 rings (SSSR count).